The van der Waals surface area contributed by atoms with Gasteiger partial charge < -0.3 is 15.5 Å². The van der Waals surface area contributed by atoms with Crippen LogP contribution in [0.15, 0.2) is 24.3 Å². The summed E-state index contributed by atoms with van der Waals surface area (Å²) in [6.07, 6.45) is 2.04. The molecule has 0 atom stereocenters. The highest BCUT2D eigenvalue weighted by atomic mass is 16.2. The summed E-state index contributed by atoms with van der Waals surface area (Å²) in [6, 6.07) is 7.13. The fraction of sp³-hybridized carbons (Fsp3) is 0.438. The van der Waals surface area contributed by atoms with E-state index in [1.165, 1.54) is 0 Å². The van der Waals surface area contributed by atoms with Crippen LogP contribution in [-0.4, -0.2) is 48.8 Å². The van der Waals surface area contributed by atoms with Crippen LogP contribution in [0.4, 0.5) is 0 Å². The number of likely N-dealkylation sites (tertiary alicyclic amines) is 1. The van der Waals surface area contributed by atoms with Gasteiger partial charge in [0.25, 0.3) is 5.91 Å². The molecular weight excluding hydrogens is 282 g/mol. The van der Waals surface area contributed by atoms with Gasteiger partial charge >= 0.3 is 0 Å². The molecule has 1 heterocycles. The van der Waals surface area contributed by atoms with Crippen LogP contribution in [0.1, 0.15) is 28.8 Å². The third kappa shape index (κ3) is 4.58. The third-order valence-corrected chi connectivity index (χ3v) is 3.59. The van der Waals surface area contributed by atoms with Gasteiger partial charge in [-0.3, -0.25) is 14.4 Å². The number of nitrogens with zero attached hydrogens (tertiary/aromatic N) is 1. The van der Waals surface area contributed by atoms with Crippen molar-refractivity contribution in [3.05, 3.63) is 35.4 Å². The van der Waals surface area contributed by atoms with Crippen molar-refractivity contribution in [3.8, 4) is 0 Å². The van der Waals surface area contributed by atoms with Crippen molar-refractivity contribution in [1.29, 1.82) is 0 Å². The van der Waals surface area contributed by atoms with Crippen molar-refractivity contribution in [2.24, 2.45) is 0 Å². The fourth-order valence-electron chi connectivity index (χ4n) is 2.36. The molecule has 1 aromatic rings. The van der Waals surface area contributed by atoms with E-state index in [-0.39, 0.29) is 30.8 Å². The fourth-order valence-corrected chi connectivity index (χ4v) is 2.36. The maximum absolute atomic E-state index is 11.9. The number of nitrogens with one attached hydrogen (secondary N) is 2. The van der Waals surface area contributed by atoms with Crippen molar-refractivity contribution in [1.82, 2.24) is 15.5 Å². The molecule has 0 bridgehead atoms. The lowest BCUT2D eigenvalue weighted by atomic mass is 10.1. The van der Waals surface area contributed by atoms with Crippen molar-refractivity contribution >= 4 is 17.7 Å². The highest BCUT2D eigenvalue weighted by molar-refractivity contribution is 5.97. The number of hydrogen-bond donors (Lipinski definition) is 2. The summed E-state index contributed by atoms with van der Waals surface area (Å²) in [6.45, 7) is 3.27. The van der Waals surface area contributed by atoms with Crippen LogP contribution in [0.3, 0.4) is 0 Å². The van der Waals surface area contributed by atoms with E-state index >= 15 is 0 Å². The predicted molar refractivity (Wildman–Crippen MR) is 82.3 cm³/mol. The maximum atomic E-state index is 11.9. The molecule has 2 N–H and O–H groups in total. The van der Waals surface area contributed by atoms with E-state index in [2.05, 4.69) is 10.6 Å². The number of carbonyl (C=O) groups is 3. The lowest BCUT2D eigenvalue weighted by molar-refractivity contribution is -0.131. The van der Waals surface area contributed by atoms with E-state index in [0.717, 1.165) is 31.5 Å². The lowest BCUT2D eigenvalue weighted by Crippen LogP contribution is -2.42. The third-order valence-electron chi connectivity index (χ3n) is 3.59. The second-order valence-corrected chi connectivity index (χ2v) is 5.42. The van der Waals surface area contributed by atoms with E-state index < -0.39 is 0 Å². The Morgan fingerprint density at radius 2 is 1.82 bits per heavy atom. The SMILES string of the molecule is Cc1cccc(C(=O)NCC(=O)NCC(=O)N2CCCC2)c1. The first-order chi connectivity index (χ1) is 10.6. The number of benzene rings is 1. The van der Waals surface area contributed by atoms with Gasteiger partial charge in [-0.1, -0.05) is 17.7 Å². The van der Waals surface area contributed by atoms with Crippen LogP contribution in [0, 0.1) is 6.92 Å². The molecular formula is C16H21N3O3. The average Bonchev–Trinajstić information content (AvgIpc) is 3.04. The van der Waals surface area contributed by atoms with Crippen molar-refractivity contribution in [2.75, 3.05) is 26.2 Å². The predicted octanol–water partition coefficient (Wildman–Crippen LogP) is 0.463. The van der Waals surface area contributed by atoms with Crippen molar-refractivity contribution in [2.45, 2.75) is 19.8 Å². The number of rotatable bonds is 5. The Morgan fingerprint density at radius 1 is 1.09 bits per heavy atom. The van der Waals surface area contributed by atoms with Crippen LogP contribution in [-0.2, 0) is 9.59 Å². The second kappa shape index (κ2) is 7.59. The topological polar surface area (TPSA) is 78.5 Å². The molecule has 22 heavy (non-hydrogen) atoms. The van der Waals surface area contributed by atoms with Crippen molar-refractivity contribution in [3.63, 3.8) is 0 Å². The Morgan fingerprint density at radius 3 is 2.50 bits per heavy atom. The molecule has 1 aliphatic heterocycles. The molecule has 2 rings (SSSR count). The Kier molecular flexibility index (Phi) is 5.52. The Bertz CT molecular complexity index is 566. The minimum absolute atomic E-state index is 0.0147. The largest absolute Gasteiger partial charge is 0.345 e. The molecule has 0 aromatic heterocycles. The van der Waals surface area contributed by atoms with Crippen LogP contribution in [0.25, 0.3) is 0 Å². The van der Waals surface area contributed by atoms with Gasteiger partial charge in [0.2, 0.25) is 11.8 Å². The molecule has 1 saturated heterocycles. The molecule has 6 heteroatoms. The average molecular weight is 303 g/mol. The summed E-state index contributed by atoms with van der Waals surface area (Å²) < 4.78 is 0. The summed E-state index contributed by atoms with van der Waals surface area (Å²) >= 11 is 0. The molecule has 6 nitrogen and oxygen atoms in total. The van der Waals surface area contributed by atoms with Crippen LogP contribution < -0.4 is 10.6 Å². The molecule has 0 unspecified atom stereocenters. The highest BCUT2D eigenvalue weighted by Gasteiger charge is 2.18. The number of hydrogen-bond acceptors (Lipinski definition) is 3. The Hall–Kier alpha value is -2.37. The molecule has 1 aliphatic rings. The quantitative estimate of drug-likeness (QED) is 0.829. The van der Waals surface area contributed by atoms with E-state index in [4.69, 9.17) is 0 Å². The molecule has 1 fully saturated rings. The summed E-state index contributed by atoms with van der Waals surface area (Å²) in [5.74, 6) is -0.742. The van der Waals surface area contributed by atoms with E-state index in [1.54, 1.807) is 23.1 Å². The molecule has 3 amide bonds. The van der Waals surface area contributed by atoms with E-state index in [0.29, 0.717) is 5.56 Å². The van der Waals surface area contributed by atoms with Crippen LogP contribution in [0.2, 0.25) is 0 Å². The normalized spacial score (nSPS) is 13.8. The molecule has 0 aliphatic carbocycles. The van der Waals surface area contributed by atoms with Gasteiger partial charge in [-0.05, 0) is 31.9 Å². The molecule has 1 aromatic carbocycles. The van der Waals surface area contributed by atoms with Gasteiger partial charge in [0.15, 0.2) is 0 Å². The first-order valence-electron chi connectivity index (χ1n) is 7.45. The molecule has 0 radical (unpaired) electrons. The number of carbonyl (C=O) groups excluding carboxylic acids is 3. The summed E-state index contributed by atoms with van der Waals surface area (Å²) in [5, 5.41) is 5.08. The zero-order valence-electron chi connectivity index (χ0n) is 12.7. The van der Waals surface area contributed by atoms with E-state index in [1.807, 2.05) is 13.0 Å². The van der Waals surface area contributed by atoms with Gasteiger partial charge in [-0.2, -0.15) is 0 Å². The van der Waals surface area contributed by atoms with Crippen molar-refractivity contribution < 1.29 is 14.4 Å². The van der Waals surface area contributed by atoms with Gasteiger partial charge in [0.05, 0.1) is 13.1 Å². The monoisotopic (exact) mass is 303 g/mol. The van der Waals surface area contributed by atoms with E-state index in [9.17, 15) is 14.4 Å². The molecule has 118 valence electrons. The molecule has 0 saturated carbocycles. The smallest absolute Gasteiger partial charge is 0.251 e. The van der Waals surface area contributed by atoms with Gasteiger partial charge in [0.1, 0.15) is 0 Å². The van der Waals surface area contributed by atoms with Gasteiger partial charge in [-0.15, -0.1) is 0 Å². The Balaban J connectivity index is 1.71. The van der Waals surface area contributed by atoms with Gasteiger partial charge in [-0.25, -0.2) is 0 Å². The standard InChI is InChI=1S/C16H21N3O3/c1-12-5-4-6-13(9-12)16(22)18-10-14(20)17-11-15(21)19-7-2-3-8-19/h4-6,9H,2-3,7-8,10-11H2,1H3,(H,17,20)(H,18,22). The lowest BCUT2D eigenvalue weighted by Gasteiger charge is -2.15. The highest BCUT2D eigenvalue weighted by Crippen LogP contribution is 2.06. The first kappa shape index (κ1) is 16.0. The summed E-state index contributed by atoms with van der Waals surface area (Å²) in [4.78, 5) is 37.1. The van der Waals surface area contributed by atoms with Crippen LogP contribution >= 0.6 is 0 Å². The zero-order chi connectivity index (χ0) is 15.9. The number of amides is 3. The minimum Gasteiger partial charge on any atom is -0.345 e. The molecule has 0 spiro atoms. The maximum Gasteiger partial charge on any atom is 0.251 e. The zero-order valence-corrected chi connectivity index (χ0v) is 12.7. The van der Waals surface area contributed by atoms with Gasteiger partial charge in [0, 0.05) is 18.7 Å². The first-order valence-corrected chi connectivity index (χ1v) is 7.45. The minimum atomic E-state index is -0.367. The summed E-state index contributed by atoms with van der Waals surface area (Å²) in [7, 11) is 0. The Labute approximate surface area is 129 Å². The summed E-state index contributed by atoms with van der Waals surface area (Å²) in [5.41, 5.74) is 1.49. The second-order valence-electron chi connectivity index (χ2n) is 5.42. The number of aryl methyl sites for hydroxylation is 1. The van der Waals surface area contributed by atoms with Crippen LogP contribution in [0.5, 0.6) is 0 Å².